The van der Waals surface area contributed by atoms with Gasteiger partial charge in [0.15, 0.2) is 5.60 Å². The number of hydrogen-bond donors (Lipinski definition) is 1. The smallest absolute Gasteiger partial charge is 0.339 e. The maximum absolute atomic E-state index is 13.4. The number of nitrogens with zero attached hydrogens (tertiary/aromatic N) is 1. The molecule has 1 atom stereocenters. The summed E-state index contributed by atoms with van der Waals surface area (Å²) in [5.41, 5.74) is 1.98. The Morgan fingerprint density at radius 1 is 1.03 bits per heavy atom. The van der Waals surface area contributed by atoms with Crippen molar-refractivity contribution in [1.82, 2.24) is 4.90 Å². The highest BCUT2D eigenvalue weighted by Crippen LogP contribution is 2.52. The predicted molar refractivity (Wildman–Crippen MR) is 106 cm³/mol. The number of amides is 2. The Balaban J connectivity index is 1.37. The Hall–Kier alpha value is -3.15. The van der Waals surface area contributed by atoms with Gasteiger partial charge in [0.05, 0.1) is 17.5 Å². The van der Waals surface area contributed by atoms with Crippen LogP contribution in [0.1, 0.15) is 47.7 Å². The lowest BCUT2D eigenvalue weighted by Gasteiger charge is -2.27. The highest BCUT2D eigenvalue weighted by atomic mass is 16.6. The Labute approximate surface area is 168 Å². The number of ether oxygens (including phenoxy) is 1. The summed E-state index contributed by atoms with van der Waals surface area (Å²) < 4.78 is 5.78. The molecule has 2 aromatic carbocycles. The van der Waals surface area contributed by atoms with Gasteiger partial charge in [0.1, 0.15) is 0 Å². The number of likely N-dealkylation sites (tertiary alicyclic amines) is 1. The molecule has 1 saturated carbocycles. The second-order valence-corrected chi connectivity index (χ2v) is 8.25. The maximum atomic E-state index is 13.4. The molecule has 1 saturated heterocycles. The van der Waals surface area contributed by atoms with E-state index in [-0.39, 0.29) is 17.8 Å². The quantitative estimate of drug-likeness (QED) is 0.818. The van der Waals surface area contributed by atoms with Gasteiger partial charge in [-0.2, -0.15) is 0 Å². The van der Waals surface area contributed by atoms with Crippen LogP contribution in [0.2, 0.25) is 0 Å². The number of anilines is 1. The zero-order valence-corrected chi connectivity index (χ0v) is 16.2. The van der Waals surface area contributed by atoms with Crippen molar-refractivity contribution in [3.05, 3.63) is 65.2 Å². The summed E-state index contributed by atoms with van der Waals surface area (Å²) >= 11 is 0. The van der Waals surface area contributed by atoms with Crippen LogP contribution in [0.4, 0.5) is 5.69 Å². The van der Waals surface area contributed by atoms with Crippen LogP contribution in [0.3, 0.4) is 0 Å². The van der Waals surface area contributed by atoms with Crippen molar-refractivity contribution in [2.75, 3.05) is 18.4 Å². The fourth-order valence-corrected chi connectivity index (χ4v) is 4.73. The maximum Gasteiger partial charge on any atom is 0.339 e. The Kier molecular flexibility index (Phi) is 3.81. The zero-order valence-electron chi connectivity index (χ0n) is 16.2. The van der Waals surface area contributed by atoms with Gasteiger partial charge in [0.2, 0.25) is 11.8 Å². The summed E-state index contributed by atoms with van der Waals surface area (Å²) in [5, 5.41) is 2.75. The molecule has 2 fully saturated rings. The normalized spacial score (nSPS) is 23.6. The summed E-state index contributed by atoms with van der Waals surface area (Å²) in [6, 6.07) is 15.0. The van der Waals surface area contributed by atoms with E-state index in [1.807, 2.05) is 47.4 Å². The largest absolute Gasteiger partial charge is 0.449 e. The molecule has 29 heavy (non-hydrogen) atoms. The standard InChI is InChI=1S/C23H22N2O4/c1-15(26)24-17-8-6-16(7-9-17)22(10-11-22)21(28)25-13-12-23(14-25)19-5-3-2-4-18(19)20(27)29-23/h2-9H,10-14H2,1H3,(H,24,26). The first-order valence-electron chi connectivity index (χ1n) is 9.94. The van der Waals surface area contributed by atoms with Crippen molar-refractivity contribution in [3.63, 3.8) is 0 Å². The molecular formula is C23H22N2O4. The fourth-order valence-electron chi connectivity index (χ4n) is 4.73. The van der Waals surface area contributed by atoms with Crippen LogP contribution in [0.15, 0.2) is 48.5 Å². The Morgan fingerprint density at radius 2 is 1.76 bits per heavy atom. The number of nitrogens with one attached hydrogen (secondary N) is 1. The van der Waals surface area contributed by atoms with Crippen molar-refractivity contribution < 1.29 is 19.1 Å². The summed E-state index contributed by atoms with van der Waals surface area (Å²) in [4.78, 5) is 38.8. The van der Waals surface area contributed by atoms with E-state index in [0.717, 1.165) is 29.7 Å². The third-order valence-electron chi connectivity index (χ3n) is 6.36. The molecule has 0 bridgehead atoms. The molecule has 148 valence electrons. The van der Waals surface area contributed by atoms with Gasteiger partial charge in [-0.15, -0.1) is 0 Å². The molecular weight excluding hydrogens is 368 g/mol. The van der Waals surface area contributed by atoms with E-state index >= 15 is 0 Å². The summed E-state index contributed by atoms with van der Waals surface area (Å²) in [6.07, 6.45) is 2.25. The van der Waals surface area contributed by atoms with Gasteiger partial charge in [0.25, 0.3) is 0 Å². The highest BCUT2D eigenvalue weighted by molar-refractivity contribution is 5.96. The average molecular weight is 390 g/mol. The Bertz CT molecular complexity index is 1030. The minimum Gasteiger partial charge on any atom is -0.449 e. The van der Waals surface area contributed by atoms with Crippen molar-refractivity contribution in [2.45, 2.75) is 37.2 Å². The molecule has 0 radical (unpaired) electrons. The number of rotatable bonds is 3. The van der Waals surface area contributed by atoms with E-state index < -0.39 is 11.0 Å². The fraction of sp³-hybridized carbons (Fsp3) is 0.348. The van der Waals surface area contributed by atoms with Crippen molar-refractivity contribution >= 4 is 23.5 Å². The number of fused-ring (bicyclic) bond motifs is 2. The molecule has 6 heteroatoms. The van der Waals surface area contributed by atoms with E-state index in [4.69, 9.17) is 4.74 Å². The van der Waals surface area contributed by atoms with E-state index in [2.05, 4.69) is 5.32 Å². The van der Waals surface area contributed by atoms with E-state index in [1.54, 1.807) is 6.07 Å². The molecule has 5 rings (SSSR count). The minimum atomic E-state index is -0.714. The Morgan fingerprint density at radius 3 is 2.45 bits per heavy atom. The summed E-state index contributed by atoms with van der Waals surface area (Å²) in [5.74, 6) is -0.324. The van der Waals surface area contributed by atoms with Gasteiger partial charge in [-0.3, -0.25) is 9.59 Å². The molecule has 2 aromatic rings. The average Bonchev–Trinajstić information content (AvgIpc) is 3.34. The second kappa shape index (κ2) is 6.17. The second-order valence-electron chi connectivity index (χ2n) is 8.25. The predicted octanol–water partition coefficient (Wildman–Crippen LogP) is 2.97. The number of carbonyl (C=O) groups excluding carboxylic acids is 3. The van der Waals surface area contributed by atoms with Crippen LogP contribution in [0, 0.1) is 0 Å². The third-order valence-corrected chi connectivity index (χ3v) is 6.36. The molecule has 2 amide bonds. The lowest BCUT2D eigenvalue weighted by atomic mass is 9.91. The van der Waals surface area contributed by atoms with E-state index in [0.29, 0.717) is 25.1 Å². The van der Waals surface area contributed by atoms with E-state index in [1.165, 1.54) is 6.92 Å². The van der Waals surface area contributed by atoms with Crippen LogP contribution in [0.5, 0.6) is 0 Å². The highest BCUT2D eigenvalue weighted by Gasteiger charge is 2.57. The van der Waals surface area contributed by atoms with Gasteiger partial charge in [-0.25, -0.2) is 4.79 Å². The first kappa shape index (κ1) is 17.9. The third kappa shape index (κ3) is 2.74. The lowest BCUT2D eigenvalue weighted by Crippen LogP contribution is -2.40. The van der Waals surface area contributed by atoms with E-state index in [9.17, 15) is 14.4 Å². The number of benzene rings is 2. The molecule has 2 heterocycles. The molecule has 2 aliphatic heterocycles. The van der Waals surface area contributed by atoms with Crippen LogP contribution in [0.25, 0.3) is 0 Å². The SMILES string of the molecule is CC(=O)Nc1ccc(C2(C(=O)N3CCC4(C3)OC(=O)c3ccccc34)CC2)cc1. The number of carbonyl (C=O) groups is 3. The van der Waals surface area contributed by atoms with Gasteiger partial charge in [-0.1, -0.05) is 30.3 Å². The molecule has 1 N–H and O–H groups in total. The van der Waals surface area contributed by atoms with Crippen LogP contribution >= 0.6 is 0 Å². The first-order valence-corrected chi connectivity index (χ1v) is 9.94. The van der Waals surface area contributed by atoms with Crippen molar-refractivity contribution in [1.29, 1.82) is 0 Å². The van der Waals surface area contributed by atoms with Gasteiger partial charge in [0, 0.05) is 31.1 Å². The molecule has 0 aromatic heterocycles. The number of hydrogen-bond acceptors (Lipinski definition) is 4. The summed E-state index contributed by atoms with van der Waals surface area (Å²) in [7, 11) is 0. The van der Waals surface area contributed by atoms with Crippen LogP contribution in [-0.2, 0) is 25.3 Å². The number of esters is 1. The zero-order chi connectivity index (χ0) is 20.2. The van der Waals surface area contributed by atoms with Crippen molar-refractivity contribution in [2.24, 2.45) is 0 Å². The minimum absolute atomic E-state index is 0.0992. The molecule has 3 aliphatic rings. The first-order chi connectivity index (χ1) is 13.9. The lowest BCUT2D eigenvalue weighted by molar-refractivity contribution is -0.134. The molecule has 1 aliphatic carbocycles. The van der Waals surface area contributed by atoms with Crippen molar-refractivity contribution in [3.8, 4) is 0 Å². The molecule has 6 nitrogen and oxygen atoms in total. The van der Waals surface area contributed by atoms with Gasteiger partial charge in [-0.05, 0) is 36.6 Å². The monoisotopic (exact) mass is 390 g/mol. The van der Waals surface area contributed by atoms with Gasteiger partial charge < -0.3 is 15.0 Å². The topological polar surface area (TPSA) is 75.7 Å². The summed E-state index contributed by atoms with van der Waals surface area (Å²) in [6.45, 7) is 2.45. The van der Waals surface area contributed by atoms with Crippen LogP contribution < -0.4 is 5.32 Å². The van der Waals surface area contributed by atoms with Crippen LogP contribution in [-0.4, -0.2) is 35.8 Å². The molecule has 1 spiro atoms. The molecule has 1 unspecified atom stereocenters. The van der Waals surface area contributed by atoms with Gasteiger partial charge >= 0.3 is 5.97 Å².